The van der Waals surface area contributed by atoms with Gasteiger partial charge in [-0.25, -0.2) is 4.98 Å². The molecule has 0 radical (unpaired) electrons. The van der Waals surface area contributed by atoms with Crippen LogP contribution < -0.4 is 10.2 Å². The number of hydrogen-bond acceptors (Lipinski definition) is 5. The van der Waals surface area contributed by atoms with Crippen molar-refractivity contribution >= 4 is 16.5 Å². The second-order valence-corrected chi connectivity index (χ2v) is 5.06. The fourth-order valence-corrected chi connectivity index (χ4v) is 2.61. The lowest BCUT2D eigenvalue weighted by molar-refractivity contribution is 0.181. The van der Waals surface area contributed by atoms with Crippen LogP contribution in [0.25, 0.3) is 0 Å². The van der Waals surface area contributed by atoms with Crippen LogP contribution in [0.15, 0.2) is 0 Å². The van der Waals surface area contributed by atoms with Crippen molar-refractivity contribution in [1.29, 1.82) is 0 Å². The number of nitrogens with one attached hydrogen (secondary N) is 1. The van der Waals surface area contributed by atoms with Crippen molar-refractivity contribution in [1.82, 2.24) is 10.3 Å². The summed E-state index contributed by atoms with van der Waals surface area (Å²) < 4.78 is 5.20. The molecule has 0 aliphatic heterocycles. The number of methoxy groups -OCH3 is 1. The molecule has 0 fully saturated rings. The highest BCUT2D eigenvalue weighted by Gasteiger charge is 2.13. The van der Waals surface area contributed by atoms with Gasteiger partial charge in [0.25, 0.3) is 0 Å². The molecule has 0 aliphatic carbocycles. The largest absolute Gasteiger partial charge is 0.378 e. The molecule has 0 atom stereocenters. The van der Waals surface area contributed by atoms with Crippen LogP contribution in [0.2, 0.25) is 0 Å². The Morgan fingerprint density at radius 1 is 1.41 bits per heavy atom. The van der Waals surface area contributed by atoms with Gasteiger partial charge in [-0.15, -0.1) is 11.3 Å². The standard InChI is InChI=1S/C12H23N3OS/c1-5-7-15(3)12-14-10(9-16-4)11(17-12)8-13-6-2/h13H,5-9H2,1-4H3. The lowest BCUT2D eigenvalue weighted by Gasteiger charge is -2.13. The summed E-state index contributed by atoms with van der Waals surface area (Å²) in [6.07, 6.45) is 1.14. The minimum atomic E-state index is 0.594. The maximum atomic E-state index is 5.20. The van der Waals surface area contributed by atoms with Gasteiger partial charge in [-0.05, 0) is 13.0 Å². The molecule has 5 heteroatoms. The van der Waals surface area contributed by atoms with Crippen LogP contribution in [0.1, 0.15) is 30.8 Å². The van der Waals surface area contributed by atoms with Gasteiger partial charge in [0, 0.05) is 32.1 Å². The van der Waals surface area contributed by atoms with Crippen LogP contribution in [0.3, 0.4) is 0 Å². The highest BCUT2D eigenvalue weighted by atomic mass is 32.1. The van der Waals surface area contributed by atoms with Crippen molar-refractivity contribution in [2.75, 3.05) is 32.1 Å². The Kier molecular flexibility index (Phi) is 6.47. The minimum Gasteiger partial charge on any atom is -0.378 e. The van der Waals surface area contributed by atoms with Gasteiger partial charge in [0.2, 0.25) is 0 Å². The lowest BCUT2D eigenvalue weighted by Crippen LogP contribution is -2.17. The second-order valence-electron chi connectivity index (χ2n) is 4.00. The van der Waals surface area contributed by atoms with Crippen molar-refractivity contribution in [3.05, 3.63) is 10.6 Å². The van der Waals surface area contributed by atoms with Crippen molar-refractivity contribution < 1.29 is 4.74 Å². The first kappa shape index (κ1) is 14.4. The number of nitrogens with zero attached hydrogens (tertiary/aromatic N) is 2. The van der Waals surface area contributed by atoms with E-state index in [4.69, 9.17) is 4.74 Å². The summed E-state index contributed by atoms with van der Waals surface area (Å²) in [5.74, 6) is 0. The summed E-state index contributed by atoms with van der Waals surface area (Å²) in [7, 11) is 3.81. The van der Waals surface area contributed by atoms with Crippen LogP contribution in [0, 0.1) is 0 Å². The molecule has 0 saturated carbocycles. The summed E-state index contributed by atoms with van der Waals surface area (Å²) in [5, 5.41) is 4.43. The van der Waals surface area contributed by atoms with Gasteiger partial charge >= 0.3 is 0 Å². The van der Waals surface area contributed by atoms with Crippen molar-refractivity contribution in [3.8, 4) is 0 Å². The summed E-state index contributed by atoms with van der Waals surface area (Å²) in [6.45, 7) is 7.79. The summed E-state index contributed by atoms with van der Waals surface area (Å²) in [6, 6.07) is 0. The number of rotatable bonds is 8. The van der Waals surface area contributed by atoms with Crippen LogP contribution >= 0.6 is 11.3 Å². The topological polar surface area (TPSA) is 37.4 Å². The number of hydrogen-bond donors (Lipinski definition) is 1. The average molecular weight is 257 g/mol. The fraction of sp³-hybridized carbons (Fsp3) is 0.750. The molecule has 17 heavy (non-hydrogen) atoms. The molecule has 98 valence electrons. The van der Waals surface area contributed by atoms with E-state index in [0.717, 1.165) is 36.9 Å². The molecule has 1 rings (SSSR count). The monoisotopic (exact) mass is 257 g/mol. The van der Waals surface area contributed by atoms with Crippen LogP contribution in [-0.2, 0) is 17.9 Å². The van der Waals surface area contributed by atoms with Crippen molar-refractivity contribution in [3.63, 3.8) is 0 Å². The minimum absolute atomic E-state index is 0.594. The molecular formula is C12H23N3OS. The highest BCUT2D eigenvalue weighted by Crippen LogP contribution is 2.26. The van der Waals surface area contributed by atoms with Gasteiger partial charge in [-0.1, -0.05) is 13.8 Å². The first-order chi connectivity index (χ1) is 8.22. The number of ether oxygens (including phenoxy) is 1. The maximum Gasteiger partial charge on any atom is 0.185 e. The lowest BCUT2D eigenvalue weighted by atomic mass is 10.3. The Balaban J connectivity index is 2.78. The van der Waals surface area contributed by atoms with E-state index in [1.807, 2.05) is 0 Å². The first-order valence-corrected chi connectivity index (χ1v) is 6.93. The number of thiazole rings is 1. The average Bonchev–Trinajstić information content (AvgIpc) is 2.71. The fourth-order valence-electron chi connectivity index (χ4n) is 1.59. The van der Waals surface area contributed by atoms with E-state index < -0.39 is 0 Å². The third-order valence-electron chi connectivity index (χ3n) is 2.47. The van der Waals surface area contributed by atoms with Crippen molar-refractivity contribution in [2.45, 2.75) is 33.4 Å². The first-order valence-electron chi connectivity index (χ1n) is 6.12. The zero-order chi connectivity index (χ0) is 12.7. The molecule has 1 heterocycles. The second kappa shape index (κ2) is 7.63. The number of anilines is 1. The molecule has 1 aromatic heterocycles. The van der Waals surface area contributed by atoms with E-state index in [2.05, 4.69) is 36.1 Å². The molecule has 1 N–H and O–H groups in total. The van der Waals surface area contributed by atoms with Crippen molar-refractivity contribution in [2.24, 2.45) is 0 Å². The zero-order valence-electron chi connectivity index (χ0n) is 11.2. The predicted molar refractivity (Wildman–Crippen MR) is 73.8 cm³/mol. The van der Waals surface area contributed by atoms with Crippen LogP contribution in [0.4, 0.5) is 5.13 Å². The van der Waals surface area contributed by atoms with E-state index in [1.165, 1.54) is 4.88 Å². The molecule has 0 amide bonds. The molecule has 1 aromatic rings. The molecule has 4 nitrogen and oxygen atoms in total. The van der Waals surface area contributed by atoms with E-state index in [-0.39, 0.29) is 0 Å². The Hall–Kier alpha value is -0.650. The molecule has 0 aromatic carbocycles. The van der Waals surface area contributed by atoms with Crippen LogP contribution in [-0.4, -0.2) is 32.2 Å². The molecule has 0 spiro atoms. The Labute approximate surface area is 108 Å². The number of aromatic nitrogens is 1. The third kappa shape index (κ3) is 4.26. The zero-order valence-corrected chi connectivity index (χ0v) is 12.1. The molecule has 0 saturated heterocycles. The van der Waals surface area contributed by atoms with E-state index in [1.54, 1.807) is 18.4 Å². The van der Waals surface area contributed by atoms with Gasteiger partial charge in [0.15, 0.2) is 5.13 Å². The van der Waals surface area contributed by atoms with Gasteiger partial charge < -0.3 is 15.0 Å². The SMILES string of the molecule is CCCN(C)c1nc(COC)c(CNCC)s1. The molecular weight excluding hydrogens is 234 g/mol. The van der Waals surface area contributed by atoms with Gasteiger partial charge in [-0.2, -0.15) is 0 Å². The smallest absolute Gasteiger partial charge is 0.185 e. The summed E-state index contributed by atoms with van der Waals surface area (Å²) in [5.41, 5.74) is 1.07. The van der Waals surface area contributed by atoms with Crippen LogP contribution in [0.5, 0.6) is 0 Å². The quantitative estimate of drug-likeness (QED) is 0.775. The molecule has 0 unspecified atom stereocenters. The maximum absolute atomic E-state index is 5.20. The van der Waals surface area contributed by atoms with E-state index >= 15 is 0 Å². The van der Waals surface area contributed by atoms with E-state index in [9.17, 15) is 0 Å². The molecule has 0 aliphatic rings. The van der Waals surface area contributed by atoms with Gasteiger partial charge in [0.1, 0.15) is 0 Å². The summed E-state index contributed by atoms with van der Waals surface area (Å²) >= 11 is 1.76. The Bertz CT molecular complexity index is 328. The Morgan fingerprint density at radius 3 is 2.76 bits per heavy atom. The Morgan fingerprint density at radius 2 is 2.18 bits per heavy atom. The molecule has 0 bridgehead atoms. The highest BCUT2D eigenvalue weighted by molar-refractivity contribution is 7.15. The van der Waals surface area contributed by atoms with E-state index in [0.29, 0.717) is 6.61 Å². The summed E-state index contributed by atoms with van der Waals surface area (Å²) in [4.78, 5) is 8.14. The normalized spacial score (nSPS) is 10.8. The van der Waals surface area contributed by atoms with Gasteiger partial charge in [-0.3, -0.25) is 0 Å². The van der Waals surface area contributed by atoms with Gasteiger partial charge in [0.05, 0.1) is 12.3 Å². The predicted octanol–water partition coefficient (Wildman–Crippen LogP) is 2.25. The third-order valence-corrected chi connectivity index (χ3v) is 3.68.